The smallest absolute Gasteiger partial charge is 0.172 e. The second-order valence-electron chi connectivity index (χ2n) is 2.73. The number of hydrogen-bond acceptors (Lipinski definition) is 3. The van der Waals surface area contributed by atoms with Gasteiger partial charge in [-0.15, -0.1) is 0 Å². The first-order valence-corrected chi connectivity index (χ1v) is 4.60. The fraction of sp³-hybridized carbons (Fsp3) is 0.333. The number of aliphatic hydroxyl groups is 1. The molecule has 0 aliphatic carbocycles. The Hall–Kier alpha value is -0.740. The van der Waals surface area contributed by atoms with E-state index in [9.17, 15) is 10.2 Å². The molecule has 1 aromatic rings. The third-order valence-electron chi connectivity index (χ3n) is 1.75. The highest BCUT2D eigenvalue weighted by Gasteiger charge is 2.10. The standard InChI is InChI=1S/C9H11BrO3/c1-5(11)6-3-7(10)9(12)8(4-6)13-2/h3-5,11-12H,1-2H3/t5-/m1/s1. The maximum absolute atomic E-state index is 9.45. The van der Waals surface area contributed by atoms with Crippen LogP contribution in [0.5, 0.6) is 11.5 Å². The molecular formula is C9H11BrO3. The van der Waals surface area contributed by atoms with E-state index in [1.807, 2.05) is 0 Å². The van der Waals surface area contributed by atoms with Crippen LogP contribution in [-0.2, 0) is 0 Å². The molecule has 0 spiro atoms. The van der Waals surface area contributed by atoms with Crippen LogP contribution in [0.4, 0.5) is 0 Å². The van der Waals surface area contributed by atoms with Gasteiger partial charge in [-0.2, -0.15) is 0 Å². The maximum Gasteiger partial charge on any atom is 0.172 e. The van der Waals surface area contributed by atoms with E-state index >= 15 is 0 Å². The average molecular weight is 247 g/mol. The fourth-order valence-electron chi connectivity index (χ4n) is 0.991. The number of aliphatic hydroxyl groups excluding tert-OH is 1. The molecular weight excluding hydrogens is 236 g/mol. The van der Waals surface area contributed by atoms with Gasteiger partial charge < -0.3 is 14.9 Å². The van der Waals surface area contributed by atoms with Crippen LogP contribution >= 0.6 is 15.9 Å². The Kier molecular flexibility index (Phi) is 3.17. The molecule has 0 heterocycles. The number of benzene rings is 1. The van der Waals surface area contributed by atoms with Gasteiger partial charge in [0.1, 0.15) is 0 Å². The van der Waals surface area contributed by atoms with Gasteiger partial charge >= 0.3 is 0 Å². The Morgan fingerprint density at radius 3 is 2.54 bits per heavy atom. The van der Waals surface area contributed by atoms with Crippen molar-refractivity contribution >= 4 is 15.9 Å². The number of ether oxygens (including phenoxy) is 1. The molecule has 2 N–H and O–H groups in total. The van der Waals surface area contributed by atoms with E-state index in [1.54, 1.807) is 19.1 Å². The van der Waals surface area contributed by atoms with Crippen molar-refractivity contribution in [3.05, 3.63) is 22.2 Å². The Morgan fingerprint density at radius 2 is 2.08 bits per heavy atom. The summed E-state index contributed by atoms with van der Waals surface area (Å²) in [6, 6.07) is 3.26. The van der Waals surface area contributed by atoms with Crippen molar-refractivity contribution in [2.45, 2.75) is 13.0 Å². The molecule has 13 heavy (non-hydrogen) atoms. The van der Waals surface area contributed by atoms with E-state index in [0.717, 1.165) is 0 Å². The van der Waals surface area contributed by atoms with Crippen molar-refractivity contribution < 1.29 is 14.9 Å². The summed E-state index contributed by atoms with van der Waals surface area (Å²) in [5.74, 6) is 0.400. The number of phenols is 1. The first kappa shape index (κ1) is 10.3. The summed E-state index contributed by atoms with van der Waals surface area (Å²) in [6.45, 7) is 1.65. The van der Waals surface area contributed by atoms with Gasteiger partial charge in [0, 0.05) is 0 Å². The fourth-order valence-corrected chi connectivity index (χ4v) is 1.45. The summed E-state index contributed by atoms with van der Waals surface area (Å²) in [5, 5.41) is 18.8. The number of aromatic hydroxyl groups is 1. The van der Waals surface area contributed by atoms with E-state index in [4.69, 9.17) is 4.74 Å². The summed E-state index contributed by atoms with van der Waals surface area (Å²) in [6.07, 6.45) is -0.578. The van der Waals surface area contributed by atoms with Crippen LogP contribution in [0.2, 0.25) is 0 Å². The molecule has 0 radical (unpaired) electrons. The first-order valence-electron chi connectivity index (χ1n) is 3.80. The zero-order valence-corrected chi connectivity index (χ0v) is 9.00. The van der Waals surface area contributed by atoms with Gasteiger partial charge in [-0.1, -0.05) is 0 Å². The normalized spacial score (nSPS) is 12.6. The molecule has 0 saturated heterocycles. The quantitative estimate of drug-likeness (QED) is 0.842. The van der Waals surface area contributed by atoms with Crippen molar-refractivity contribution in [3.8, 4) is 11.5 Å². The van der Waals surface area contributed by atoms with Crippen molar-refractivity contribution in [2.75, 3.05) is 7.11 Å². The van der Waals surface area contributed by atoms with E-state index in [0.29, 0.717) is 15.8 Å². The van der Waals surface area contributed by atoms with Crippen LogP contribution in [0.1, 0.15) is 18.6 Å². The van der Waals surface area contributed by atoms with Crippen LogP contribution in [0.25, 0.3) is 0 Å². The summed E-state index contributed by atoms with van der Waals surface area (Å²) >= 11 is 3.16. The molecule has 0 saturated carbocycles. The molecule has 4 heteroatoms. The van der Waals surface area contributed by atoms with Gasteiger partial charge in [0.2, 0.25) is 0 Å². The first-order chi connectivity index (χ1) is 6.06. The Morgan fingerprint density at radius 1 is 1.46 bits per heavy atom. The van der Waals surface area contributed by atoms with E-state index in [2.05, 4.69) is 15.9 Å². The number of phenolic OH excluding ortho intramolecular Hbond substituents is 1. The molecule has 1 aromatic carbocycles. The maximum atomic E-state index is 9.45. The zero-order valence-electron chi connectivity index (χ0n) is 7.41. The zero-order chi connectivity index (χ0) is 10.0. The number of hydrogen-bond donors (Lipinski definition) is 2. The lowest BCUT2D eigenvalue weighted by atomic mass is 10.1. The molecule has 0 aliphatic heterocycles. The van der Waals surface area contributed by atoms with Gasteiger partial charge in [0.25, 0.3) is 0 Å². The molecule has 0 unspecified atom stereocenters. The minimum Gasteiger partial charge on any atom is -0.503 e. The van der Waals surface area contributed by atoms with Crippen LogP contribution in [0.3, 0.4) is 0 Å². The molecule has 72 valence electrons. The van der Waals surface area contributed by atoms with E-state index < -0.39 is 6.10 Å². The SMILES string of the molecule is COc1cc([C@@H](C)O)cc(Br)c1O. The molecule has 3 nitrogen and oxygen atoms in total. The minimum atomic E-state index is -0.578. The van der Waals surface area contributed by atoms with Crippen molar-refractivity contribution in [1.82, 2.24) is 0 Å². The molecule has 1 rings (SSSR count). The summed E-state index contributed by atoms with van der Waals surface area (Å²) in [4.78, 5) is 0. The van der Waals surface area contributed by atoms with Crippen LogP contribution in [0, 0.1) is 0 Å². The second kappa shape index (κ2) is 3.98. The molecule has 0 aromatic heterocycles. The van der Waals surface area contributed by atoms with Crippen LogP contribution < -0.4 is 4.74 Å². The molecule has 0 bridgehead atoms. The molecule has 0 fully saturated rings. The third kappa shape index (κ3) is 2.14. The summed E-state index contributed by atoms with van der Waals surface area (Å²) in [7, 11) is 1.47. The third-order valence-corrected chi connectivity index (χ3v) is 2.36. The average Bonchev–Trinajstić information content (AvgIpc) is 2.09. The minimum absolute atomic E-state index is 0.0481. The number of methoxy groups -OCH3 is 1. The molecule has 1 atom stereocenters. The van der Waals surface area contributed by atoms with Crippen molar-refractivity contribution in [3.63, 3.8) is 0 Å². The Balaban J connectivity index is 3.22. The topological polar surface area (TPSA) is 49.7 Å². The summed E-state index contributed by atoms with van der Waals surface area (Å²) < 4.78 is 5.44. The lowest BCUT2D eigenvalue weighted by Crippen LogP contribution is -1.93. The van der Waals surface area contributed by atoms with Gasteiger partial charge in [0.05, 0.1) is 17.7 Å². The second-order valence-corrected chi connectivity index (χ2v) is 3.58. The van der Waals surface area contributed by atoms with Crippen LogP contribution in [-0.4, -0.2) is 17.3 Å². The predicted octanol–water partition coefficient (Wildman–Crippen LogP) is 2.22. The van der Waals surface area contributed by atoms with Crippen LogP contribution in [0.15, 0.2) is 16.6 Å². The molecule has 0 amide bonds. The van der Waals surface area contributed by atoms with Gasteiger partial charge in [0.15, 0.2) is 11.5 Å². The lowest BCUT2D eigenvalue weighted by molar-refractivity contribution is 0.198. The largest absolute Gasteiger partial charge is 0.503 e. The van der Waals surface area contributed by atoms with Gasteiger partial charge in [-0.3, -0.25) is 0 Å². The monoisotopic (exact) mass is 246 g/mol. The highest BCUT2D eigenvalue weighted by molar-refractivity contribution is 9.10. The van der Waals surface area contributed by atoms with E-state index in [1.165, 1.54) is 7.11 Å². The Bertz CT molecular complexity index is 310. The number of rotatable bonds is 2. The van der Waals surface area contributed by atoms with Crippen molar-refractivity contribution in [1.29, 1.82) is 0 Å². The van der Waals surface area contributed by atoms with E-state index in [-0.39, 0.29) is 5.75 Å². The van der Waals surface area contributed by atoms with Gasteiger partial charge in [-0.25, -0.2) is 0 Å². The predicted molar refractivity (Wildman–Crippen MR) is 53.0 cm³/mol. The Labute approximate surface area is 85.1 Å². The van der Waals surface area contributed by atoms with Gasteiger partial charge in [-0.05, 0) is 40.5 Å². The molecule has 0 aliphatic rings. The summed E-state index contributed by atoms with van der Waals surface area (Å²) in [5.41, 5.74) is 0.696. The highest BCUT2D eigenvalue weighted by atomic mass is 79.9. The highest BCUT2D eigenvalue weighted by Crippen LogP contribution is 2.36. The lowest BCUT2D eigenvalue weighted by Gasteiger charge is -2.10. The van der Waals surface area contributed by atoms with Crippen molar-refractivity contribution in [2.24, 2.45) is 0 Å². The number of halogens is 1.